The first-order valence-electron chi connectivity index (χ1n) is 10.1. The molecule has 1 aromatic carbocycles. The number of nitrogens with zero attached hydrogens (tertiary/aromatic N) is 2. The molecule has 0 aliphatic carbocycles. The van der Waals surface area contributed by atoms with Crippen molar-refractivity contribution in [1.82, 2.24) is 15.1 Å². The van der Waals surface area contributed by atoms with E-state index in [2.05, 4.69) is 31.0 Å². The number of carbonyl (C=O) groups is 1. The molecule has 5 nitrogen and oxygen atoms in total. The van der Waals surface area contributed by atoms with Gasteiger partial charge in [0.05, 0.1) is 0 Å². The van der Waals surface area contributed by atoms with Crippen molar-refractivity contribution in [2.24, 2.45) is 5.92 Å². The summed E-state index contributed by atoms with van der Waals surface area (Å²) in [6.45, 7) is 13.9. The van der Waals surface area contributed by atoms with Crippen LogP contribution in [0.3, 0.4) is 0 Å². The van der Waals surface area contributed by atoms with Crippen LogP contribution in [-0.2, 0) is 0 Å². The fourth-order valence-electron chi connectivity index (χ4n) is 3.40. The third kappa shape index (κ3) is 8.56. The van der Waals surface area contributed by atoms with Gasteiger partial charge in [-0.3, -0.25) is 4.79 Å². The molecule has 0 unspecified atom stereocenters. The van der Waals surface area contributed by atoms with Crippen LogP contribution in [0.1, 0.15) is 44.0 Å². The Balaban J connectivity index is 0.00000364. The molecule has 162 valence electrons. The molecule has 1 aliphatic rings. The van der Waals surface area contributed by atoms with Gasteiger partial charge in [0, 0.05) is 25.2 Å². The molecule has 2 rings (SSSR count). The molecule has 0 aromatic heterocycles. The smallest absolute Gasteiger partial charge is 0.253 e. The van der Waals surface area contributed by atoms with Crippen LogP contribution in [0, 0.1) is 5.92 Å². The number of nitrogens with one attached hydrogen (secondary N) is 1. The average molecular weight is 434 g/mol. The SMILES string of the molecule is CCNCC1CCN(C(=O)c2ccc(OCCN(CC)CC)cc2)CC1.Cl.Cl. The highest BCUT2D eigenvalue weighted by molar-refractivity contribution is 5.94. The lowest BCUT2D eigenvalue weighted by Crippen LogP contribution is -2.40. The Morgan fingerprint density at radius 3 is 2.25 bits per heavy atom. The van der Waals surface area contributed by atoms with E-state index in [1.54, 1.807) is 0 Å². The highest BCUT2D eigenvalue weighted by Gasteiger charge is 2.23. The zero-order valence-electron chi connectivity index (χ0n) is 17.5. The fraction of sp³-hybridized carbons (Fsp3) is 0.667. The van der Waals surface area contributed by atoms with Gasteiger partial charge in [-0.25, -0.2) is 0 Å². The summed E-state index contributed by atoms with van der Waals surface area (Å²) in [6, 6.07) is 7.60. The van der Waals surface area contributed by atoms with Gasteiger partial charge in [-0.1, -0.05) is 20.8 Å². The molecule has 0 atom stereocenters. The molecule has 1 fully saturated rings. The first kappa shape index (κ1) is 27.0. The summed E-state index contributed by atoms with van der Waals surface area (Å²) in [7, 11) is 0. The molecule has 1 aromatic rings. The van der Waals surface area contributed by atoms with Crippen molar-refractivity contribution >= 4 is 30.7 Å². The highest BCUT2D eigenvalue weighted by Crippen LogP contribution is 2.20. The molecule has 28 heavy (non-hydrogen) atoms. The van der Waals surface area contributed by atoms with Crippen LogP contribution in [0.5, 0.6) is 5.75 Å². The van der Waals surface area contributed by atoms with Crippen molar-refractivity contribution < 1.29 is 9.53 Å². The minimum Gasteiger partial charge on any atom is -0.492 e. The molecule has 0 spiro atoms. The molecule has 0 saturated carbocycles. The Labute approximate surface area is 183 Å². The van der Waals surface area contributed by atoms with Crippen molar-refractivity contribution in [1.29, 1.82) is 0 Å². The summed E-state index contributed by atoms with van der Waals surface area (Å²) >= 11 is 0. The molecular formula is C21H37Cl2N3O2. The van der Waals surface area contributed by atoms with Crippen LogP contribution < -0.4 is 10.1 Å². The van der Waals surface area contributed by atoms with Gasteiger partial charge in [-0.15, -0.1) is 24.8 Å². The number of benzene rings is 1. The van der Waals surface area contributed by atoms with E-state index >= 15 is 0 Å². The van der Waals surface area contributed by atoms with Gasteiger partial charge in [-0.05, 0) is 69.2 Å². The Kier molecular flexibility index (Phi) is 14.4. The second-order valence-corrected chi connectivity index (χ2v) is 6.94. The van der Waals surface area contributed by atoms with Crippen molar-refractivity contribution in [2.75, 3.05) is 52.4 Å². The molecule has 0 radical (unpaired) electrons. The second-order valence-electron chi connectivity index (χ2n) is 6.94. The van der Waals surface area contributed by atoms with Crippen LogP contribution in [-0.4, -0.2) is 68.1 Å². The molecule has 1 N–H and O–H groups in total. The lowest BCUT2D eigenvalue weighted by Gasteiger charge is -2.32. The monoisotopic (exact) mass is 433 g/mol. The van der Waals surface area contributed by atoms with E-state index < -0.39 is 0 Å². The summed E-state index contributed by atoms with van der Waals surface area (Å²) in [5.74, 6) is 1.67. The maximum absolute atomic E-state index is 12.7. The first-order chi connectivity index (χ1) is 12.7. The number of hydrogen-bond donors (Lipinski definition) is 1. The largest absolute Gasteiger partial charge is 0.492 e. The van der Waals surface area contributed by atoms with Crippen molar-refractivity contribution in [3.63, 3.8) is 0 Å². The number of hydrogen-bond acceptors (Lipinski definition) is 4. The number of piperidine rings is 1. The Bertz CT molecular complexity index is 531. The van der Waals surface area contributed by atoms with Crippen molar-refractivity contribution in [3.05, 3.63) is 29.8 Å². The summed E-state index contributed by atoms with van der Waals surface area (Å²) in [6.07, 6.45) is 2.18. The number of ether oxygens (including phenoxy) is 1. The quantitative estimate of drug-likeness (QED) is 0.610. The second kappa shape index (κ2) is 14.9. The fourth-order valence-corrected chi connectivity index (χ4v) is 3.40. The lowest BCUT2D eigenvalue weighted by atomic mass is 9.96. The van der Waals surface area contributed by atoms with E-state index in [9.17, 15) is 4.79 Å². The predicted molar refractivity (Wildman–Crippen MR) is 121 cm³/mol. The van der Waals surface area contributed by atoms with E-state index in [0.29, 0.717) is 12.5 Å². The Morgan fingerprint density at radius 1 is 1.11 bits per heavy atom. The molecule has 1 amide bonds. The summed E-state index contributed by atoms with van der Waals surface area (Å²) in [4.78, 5) is 17.0. The van der Waals surface area contributed by atoms with Crippen LogP contribution in [0.25, 0.3) is 0 Å². The maximum atomic E-state index is 12.7. The number of halogens is 2. The van der Waals surface area contributed by atoms with Gasteiger partial charge in [-0.2, -0.15) is 0 Å². The average Bonchev–Trinajstić information content (AvgIpc) is 2.70. The van der Waals surface area contributed by atoms with Crippen LogP contribution >= 0.6 is 24.8 Å². The first-order valence-corrected chi connectivity index (χ1v) is 10.1. The summed E-state index contributed by atoms with van der Waals surface area (Å²) in [5.41, 5.74) is 0.756. The number of likely N-dealkylation sites (tertiary alicyclic amines) is 1. The minimum atomic E-state index is 0. The zero-order chi connectivity index (χ0) is 18.8. The predicted octanol–water partition coefficient (Wildman–Crippen LogP) is 3.71. The third-order valence-electron chi connectivity index (χ3n) is 5.26. The van der Waals surface area contributed by atoms with Gasteiger partial charge in [0.2, 0.25) is 0 Å². The normalized spacial score (nSPS) is 14.4. The number of carbonyl (C=O) groups excluding carboxylic acids is 1. The van der Waals surface area contributed by atoms with Crippen LogP contribution in [0.15, 0.2) is 24.3 Å². The van der Waals surface area contributed by atoms with Gasteiger partial charge in [0.1, 0.15) is 12.4 Å². The van der Waals surface area contributed by atoms with Crippen LogP contribution in [0.4, 0.5) is 0 Å². The topological polar surface area (TPSA) is 44.8 Å². The van der Waals surface area contributed by atoms with Crippen LogP contribution in [0.2, 0.25) is 0 Å². The number of amides is 1. The zero-order valence-corrected chi connectivity index (χ0v) is 19.1. The molecule has 7 heteroatoms. The maximum Gasteiger partial charge on any atom is 0.253 e. The highest BCUT2D eigenvalue weighted by atomic mass is 35.5. The van der Waals surface area contributed by atoms with Crippen molar-refractivity contribution in [2.45, 2.75) is 33.6 Å². The molecule has 0 bridgehead atoms. The Hall–Kier alpha value is -1.01. The lowest BCUT2D eigenvalue weighted by molar-refractivity contribution is 0.0690. The van der Waals surface area contributed by atoms with Crippen molar-refractivity contribution in [3.8, 4) is 5.75 Å². The summed E-state index contributed by atoms with van der Waals surface area (Å²) < 4.78 is 5.80. The van der Waals surface area contributed by atoms with E-state index in [1.807, 2.05) is 29.2 Å². The molecule has 1 aliphatic heterocycles. The number of rotatable bonds is 10. The molecule has 1 heterocycles. The van der Waals surface area contributed by atoms with Gasteiger partial charge < -0.3 is 19.9 Å². The number of likely N-dealkylation sites (N-methyl/N-ethyl adjacent to an activating group) is 1. The van der Waals surface area contributed by atoms with E-state index in [1.165, 1.54) is 0 Å². The summed E-state index contributed by atoms with van der Waals surface area (Å²) in [5, 5.41) is 3.41. The standard InChI is InChI=1S/C21H35N3O2.2ClH/c1-4-22-17-18-11-13-24(14-12-18)21(25)19-7-9-20(10-8-19)26-16-15-23(5-2)6-3;;/h7-10,18,22H,4-6,11-17H2,1-3H3;2*1H. The van der Waals surface area contributed by atoms with Gasteiger partial charge in [0.25, 0.3) is 5.91 Å². The van der Waals surface area contributed by atoms with E-state index in [0.717, 1.165) is 70.0 Å². The minimum absolute atomic E-state index is 0. The van der Waals surface area contributed by atoms with Gasteiger partial charge in [0.15, 0.2) is 0 Å². The van der Waals surface area contributed by atoms with E-state index in [4.69, 9.17) is 4.74 Å². The third-order valence-corrected chi connectivity index (χ3v) is 5.26. The van der Waals surface area contributed by atoms with Gasteiger partial charge >= 0.3 is 0 Å². The molecule has 1 saturated heterocycles. The Morgan fingerprint density at radius 2 is 1.71 bits per heavy atom. The molecular weight excluding hydrogens is 397 g/mol. The van der Waals surface area contributed by atoms with E-state index in [-0.39, 0.29) is 30.7 Å².